The summed E-state index contributed by atoms with van der Waals surface area (Å²) in [7, 11) is 1.78. The summed E-state index contributed by atoms with van der Waals surface area (Å²) >= 11 is 0. The maximum absolute atomic E-state index is 3.79. The van der Waals surface area contributed by atoms with E-state index in [-0.39, 0.29) is 0 Å². The lowest BCUT2D eigenvalue weighted by atomic mass is 10.6. The van der Waals surface area contributed by atoms with Crippen LogP contribution in [0.5, 0.6) is 0 Å². The fourth-order valence-electron chi connectivity index (χ4n) is 0.300. The largest absolute Gasteiger partial charge is 0.312 e. The molecule has 0 bridgehead atoms. The van der Waals surface area contributed by atoms with E-state index in [0.717, 1.165) is 13.1 Å². The SMILES string of the molecule is CCNCC=NC. The summed E-state index contributed by atoms with van der Waals surface area (Å²) in [6, 6.07) is 0. The van der Waals surface area contributed by atoms with Crippen LogP contribution >= 0.6 is 0 Å². The maximum Gasteiger partial charge on any atom is 0.0304 e. The van der Waals surface area contributed by atoms with Gasteiger partial charge in [-0.05, 0) is 6.54 Å². The molecule has 7 heavy (non-hydrogen) atoms. The molecule has 0 saturated carbocycles. The zero-order valence-corrected chi connectivity index (χ0v) is 4.94. The average Bonchev–Trinajstić information content (AvgIpc) is 1.69. The second-order valence-electron chi connectivity index (χ2n) is 1.25. The molecular formula is C5H12N2. The van der Waals surface area contributed by atoms with Gasteiger partial charge in [0, 0.05) is 19.8 Å². The first-order chi connectivity index (χ1) is 3.41. The van der Waals surface area contributed by atoms with Crippen molar-refractivity contribution in [2.75, 3.05) is 20.1 Å². The van der Waals surface area contributed by atoms with Crippen molar-refractivity contribution < 1.29 is 0 Å². The van der Waals surface area contributed by atoms with Gasteiger partial charge in [0.05, 0.1) is 0 Å². The topological polar surface area (TPSA) is 24.4 Å². The van der Waals surface area contributed by atoms with Crippen molar-refractivity contribution in [3.05, 3.63) is 0 Å². The molecule has 2 nitrogen and oxygen atoms in total. The standard InChI is InChI=1S/C5H12N2/c1-3-7-5-4-6-2/h4,7H,3,5H2,1-2H3. The Balaban J connectivity index is 2.69. The number of hydrogen-bond donors (Lipinski definition) is 1. The number of nitrogens with one attached hydrogen (secondary N) is 1. The predicted octanol–water partition coefficient (Wildman–Crippen LogP) is 0.297. The van der Waals surface area contributed by atoms with Crippen LogP contribution in [0, 0.1) is 0 Å². The summed E-state index contributed by atoms with van der Waals surface area (Å²) in [6.45, 7) is 3.99. The summed E-state index contributed by atoms with van der Waals surface area (Å²) in [4.78, 5) is 3.79. The molecule has 1 N–H and O–H groups in total. The molecule has 0 aliphatic rings. The molecule has 0 aromatic rings. The molecule has 0 spiro atoms. The summed E-state index contributed by atoms with van der Waals surface area (Å²) in [5.74, 6) is 0. The van der Waals surface area contributed by atoms with Crippen molar-refractivity contribution in [1.29, 1.82) is 0 Å². The second kappa shape index (κ2) is 5.63. The zero-order valence-electron chi connectivity index (χ0n) is 4.94. The van der Waals surface area contributed by atoms with Gasteiger partial charge in [0.15, 0.2) is 0 Å². The van der Waals surface area contributed by atoms with Gasteiger partial charge in [0.1, 0.15) is 0 Å². The van der Waals surface area contributed by atoms with Crippen LogP contribution in [0.2, 0.25) is 0 Å². The fraction of sp³-hybridized carbons (Fsp3) is 0.800. The smallest absolute Gasteiger partial charge is 0.0304 e. The molecule has 0 aliphatic heterocycles. The zero-order chi connectivity index (χ0) is 5.54. The minimum atomic E-state index is 0.896. The van der Waals surface area contributed by atoms with Crippen LogP contribution in [0.25, 0.3) is 0 Å². The van der Waals surface area contributed by atoms with Crippen molar-refractivity contribution in [1.82, 2.24) is 5.32 Å². The van der Waals surface area contributed by atoms with Crippen LogP contribution in [0.15, 0.2) is 4.99 Å². The third-order valence-electron chi connectivity index (χ3n) is 0.668. The Morgan fingerprint density at radius 3 is 2.86 bits per heavy atom. The van der Waals surface area contributed by atoms with Crippen molar-refractivity contribution in [3.8, 4) is 0 Å². The molecule has 2 heteroatoms. The molecule has 0 radical (unpaired) electrons. The second-order valence-corrected chi connectivity index (χ2v) is 1.25. The summed E-state index contributed by atoms with van der Waals surface area (Å²) in [6.07, 6.45) is 1.85. The van der Waals surface area contributed by atoms with Gasteiger partial charge in [-0.1, -0.05) is 6.92 Å². The third kappa shape index (κ3) is 5.63. The minimum absolute atomic E-state index is 0.896. The van der Waals surface area contributed by atoms with E-state index in [2.05, 4.69) is 17.2 Å². The number of aliphatic imine (C=N–C) groups is 1. The molecule has 42 valence electrons. The fourth-order valence-corrected chi connectivity index (χ4v) is 0.300. The van der Waals surface area contributed by atoms with Gasteiger partial charge < -0.3 is 5.32 Å². The van der Waals surface area contributed by atoms with E-state index in [4.69, 9.17) is 0 Å². The highest BCUT2D eigenvalue weighted by atomic mass is 14.8. The minimum Gasteiger partial charge on any atom is -0.312 e. The monoisotopic (exact) mass is 100 g/mol. The Bertz CT molecular complexity index is 50.0. The highest BCUT2D eigenvalue weighted by Crippen LogP contribution is 1.52. The van der Waals surface area contributed by atoms with Gasteiger partial charge in [-0.3, -0.25) is 4.99 Å². The number of rotatable bonds is 3. The van der Waals surface area contributed by atoms with E-state index in [9.17, 15) is 0 Å². The van der Waals surface area contributed by atoms with Crippen molar-refractivity contribution >= 4 is 6.21 Å². The first kappa shape index (κ1) is 6.63. The summed E-state index contributed by atoms with van der Waals surface area (Å²) in [5, 5.41) is 3.10. The predicted molar refractivity (Wildman–Crippen MR) is 33.0 cm³/mol. The van der Waals surface area contributed by atoms with Crippen LogP contribution < -0.4 is 5.32 Å². The Morgan fingerprint density at radius 2 is 2.43 bits per heavy atom. The molecule has 0 atom stereocenters. The van der Waals surface area contributed by atoms with E-state index in [1.165, 1.54) is 0 Å². The molecule has 0 rings (SSSR count). The van der Waals surface area contributed by atoms with Crippen molar-refractivity contribution in [2.45, 2.75) is 6.92 Å². The van der Waals surface area contributed by atoms with Crippen LogP contribution in [0.1, 0.15) is 6.92 Å². The first-order valence-electron chi connectivity index (χ1n) is 2.53. The summed E-state index contributed by atoms with van der Waals surface area (Å²) in [5.41, 5.74) is 0. The van der Waals surface area contributed by atoms with Crippen LogP contribution in [0.4, 0.5) is 0 Å². The lowest BCUT2D eigenvalue weighted by Gasteiger charge is -1.88. The molecule has 0 amide bonds. The van der Waals surface area contributed by atoms with Gasteiger partial charge in [0.25, 0.3) is 0 Å². The first-order valence-corrected chi connectivity index (χ1v) is 2.53. The molecule has 0 aliphatic carbocycles. The van der Waals surface area contributed by atoms with Gasteiger partial charge in [0.2, 0.25) is 0 Å². The van der Waals surface area contributed by atoms with E-state index < -0.39 is 0 Å². The Labute approximate surface area is 44.6 Å². The molecular weight excluding hydrogens is 88.1 g/mol. The molecule has 0 aromatic heterocycles. The summed E-state index contributed by atoms with van der Waals surface area (Å²) < 4.78 is 0. The van der Waals surface area contributed by atoms with E-state index in [1.807, 2.05) is 6.21 Å². The van der Waals surface area contributed by atoms with Crippen molar-refractivity contribution in [3.63, 3.8) is 0 Å². The Morgan fingerprint density at radius 1 is 1.71 bits per heavy atom. The molecule has 0 fully saturated rings. The molecule has 0 heterocycles. The third-order valence-corrected chi connectivity index (χ3v) is 0.668. The number of nitrogens with zero attached hydrogens (tertiary/aromatic N) is 1. The van der Waals surface area contributed by atoms with Crippen molar-refractivity contribution in [2.24, 2.45) is 4.99 Å². The average molecular weight is 100 g/mol. The van der Waals surface area contributed by atoms with E-state index in [0.29, 0.717) is 0 Å². The number of hydrogen-bond acceptors (Lipinski definition) is 2. The molecule has 0 aromatic carbocycles. The van der Waals surface area contributed by atoms with Gasteiger partial charge in [-0.2, -0.15) is 0 Å². The van der Waals surface area contributed by atoms with Crippen LogP contribution in [0.3, 0.4) is 0 Å². The highest BCUT2D eigenvalue weighted by Gasteiger charge is 1.69. The van der Waals surface area contributed by atoms with Crippen LogP contribution in [-0.2, 0) is 0 Å². The van der Waals surface area contributed by atoms with Gasteiger partial charge >= 0.3 is 0 Å². The lowest BCUT2D eigenvalue weighted by molar-refractivity contribution is 0.823. The quantitative estimate of drug-likeness (QED) is 0.400. The molecule has 0 unspecified atom stereocenters. The maximum atomic E-state index is 3.79. The van der Waals surface area contributed by atoms with Gasteiger partial charge in [-0.25, -0.2) is 0 Å². The highest BCUT2D eigenvalue weighted by molar-refractivity contribution is 5.59. The Hall–Kier alpha value is -0.370. The van der Waals surface area contributed by atoms with Gasteiger partial charge in [-0.15, -0.1) is 0 Å². The normalized spacial score (nSPS) is 10.6. The van der Waals surface area contributed by atoms with Crippen LogP contribution in [-0.4, -0.2) is 26.4 Å². The van der Waals surface area contributed by atoms with E-state index in [1.54, 1.807) is 7.05 Å². The Kier molecular flexibility index (Phi) is 5.33. The van der Waals surface area contributed by atoms with E-state index >= 15 is 0 Å². The molecule has 0 saturated heterocycles. The lowest BCUT2D eigenvalue weighted by Crippen LogP contribution is -2.14.